The first kappa shape index (κ1) is 12.4. The highest BCUT2D eigenvalue weighted by atomic mass is 35.5. The largest absolute Gasteiger partial charge is 0.381 e. The van der Waals surface area contributed by atoms with E-state index in [9.17, 15) is 0 Å². The summed E-state index contributed by atoms with van der Waals surface area (Å²) in [6.07, 6.45) is 2.23. The maximum atomic E-state index is 5.97. The third kappa shape index (κ3) is 2.98. The van der Waals surface area contributed by atoms with Gasteiger partial charge in [-0.2, -0.15) is 0 Å². The van der Waals surface area contributed by atoms with E-state index in [0.717, 1.165) is 43.5 Å². The monoisotopic (exact) mass is 259 g/mol. The summed E-state index contributed by atoms with van der Waals surface area (Å²) in [5.74, 6) is 0. The molecule has 16 heavy (non-hydrogen) atoms. The summed E-state index contributed by atoms with van der Waals surface area (Å²) in [4.78, 5) is 1.37. The zero-order chi connectivity index (χ0) is 11.4. The van der Waals surface area contributed by atoms with E-state index in [1.165, 1.54) is 4.88 Å². The third-order valence-electron chi connectivity index (χ3n) is 3.11. The van der Waals surface area contributed by atoms with Gasteiger partial charge in [-0.15, -0.1) is 11.3 Å². The molecule has 0 aromatic carbocycles. The van der Waals surface area contributed by atoms with Crippen LogP contribution in [-0.4, -0.2) is 26.3 Å². The molecule has 0 amide bonds. The molecule has 0 bridgehead atoms. The van der Waals surface area contributed by atoms with E-state index in [1.807, 2.05) is 6.07 Å². The van der Waals surface area contributed by atoms with Crippen LogP contribution in [0.5, 0.6) is 0 Å². The highest BCUT2D eigenvalue weighted by Gasteiger charge is 2.34. The van der Waals surface area contributed by atoms with Gasteiger partial charge in [-0.25, -0.2) is 0 Å². The molecule has 1 unspecified atom stereocenters. The van der Waals surface area contributed by atoms with Crippen LogP contribution in [0.15, 0.2) is 12.1 Å². The van der Waals surface area contributed by atoms with Crippen molar-refractivity contribution < 1.29 is 4.74 Å². The van der Waals surface area contributed by atoms with Crippen molar-refractivity contribution in [2.75, 3.05) is 26.3 Å². The van der Waals surface area contributed by atoms with E-state index in [2.05, 4.69) is 18.3 Å². The van der Waals surface area contributed by atoms with E-state index >= 15 is 0 Å². The lowest BCUT2D eigenvalue weighted by Crippen LogP contribution is -2.36. The Morgan fingerprint density at radius 3 is 3.00 bits per heavy atom. The molecule has 2 heterocycles. The molecule has 1 aliphatic heterocycles. The van der Waals surface area contributed by atoms with Crippen LogP contribution in [0.4, 0.5) is 0 Å². The summed E-state index contributed by atoms with van der Waals surface area (Å²) in [5.41, 5.74) is 0.282. The first-order chi connectivity index (χ1) is 7.74. The highest BCUT2D eigenvalue weighted by molar-refractivity contribution is 7.16. The molecule has 0 aliphatic carbocycles. The van der Waals surface area contributed by atoms with E-state index < -0.39 is 0 Å². The Morgan fingerprint density at radius 1 is 1.56 bits per heavy atom. The standard InChI is InChI=1S/C12H18ClNOS/c1-2-14-8-12(5-6-15-9-12)7-10-3-4-11(13)16-10/h3-4,14H,2,5-9H2,1H3. The van der Waals surface area contributed by atoms with Crippen LogP contribution < -0.4 is 5.32 Å². The topological polar surface area (TPSA) is 21.3 Å². The summed E-state index contributed by atoms with van der Waals surface area (Å²) < 4.78 is 6.45. The van der Waals surface area contributed by atoms with Crippen LogP contribution in [0.2, 0.25) is 4.34 Å². The molecule has 1 aromatic rings. The maximum absolute atomic E-state index is 5.97. The summed E-state index contributed by atoms with van der Waals surface area (Å²) in [6, 6.07) is 4.12. The van der Waals surface area contributed by atoms with E-state index in [-0.39, 0.29) is 5.41 Å². The average Bonchev–Trinajstić information content (AvgIpc) is 2.87. The lowest BCUT2D eigenvalue weighted by Gasteiger charge is -2.27. The molecule has 1 fully saturated rings. The molecule has 1 aromatic heterocycles. The fourth-order valence-electron chi connectivity index (χ4n) is 2.20. The number of hydrogen-bond donors (Lipinski definition) is 1. The van der Waals surface area contributed by atoms with Gasteiger partial charge in [0.05, 0.1) is 10.9 Å². The molecular formula is C12H18ClNOS. The first-order valence-electron chi connectivity index (χ1n) is 5.77. The molecule has 2 nitrogen and oxygen atoms in total. The smallest absolute Gasteiger partial charge is 0.0931 e. The van der Waals surface area contributed by atoms with Crippen molar-refractivity contribution >= 4 is 22.9 Å². The number of rotatable bonds is 5. The van der Waals surface area contributed by atoms with E-state index in [4.69, 9.17) is 16.3 Å². The van der Waals surface area contributed by atoms with Gasteiger partial charge < -0.3 is 10.1 Å². The Balaban J connectivity index is 2.02. The Bertz CT molecular complexity index is 334. The van der Waals surface area contributed by atoms with Crippen molar-refractivity contribution in [2.24, 2.45) is 5.41 Å². The summed E-state index contributed by atoms with van der Waals surface area (Å²) >= 11 is 7.66. The van der Waals surface area contributed by atoms with Gasteiger partial charge in [0.2, 0.25) is 0 Å². The quantitative estimate of drug-likeness (QED) is 0.878. The number of halogens is 1. The number of ether oxygens (including phenoxy) is 1. The SMILES string of the molecule is CCNCC1(Cc2ccc(Cl)s2)CCOC1. The van der Waals surface area contributed by atoms with Crippen LogP contribution in [0.25, 0.3) is 0 Å². The molecule has 1 aliphatic rings. The Morgan fingerprint density at radius 2 is 2.44 bits per heavy atom. The van der Waals surface area contributed by atoms with Crippen molar-refractivity contribution in [1.29, 1.82) is 0 Å². The Hall–Kier alpha value is -0.0900. The zero-order valence-corrected chi connectivity index (χ0v) is 11.2. The Kier molecular flexibility index (Phi) is 4.25. The van der Waals surface area contributed by atoms with Gasteiger partial charge in [0.1, 0.15) is 0 Å². The van der Waals surface area contributed by atoms with Crippen molar-refractivity contribution in [1.82, 2.24) is 5.32 Å². The number of hydrogen-bond acceptors (Lipinski definition) is 3. The van der Waals surface area contributed by atoms with E-state index in [1.54, 1.807) is 11.3 Å². The third-order valence-corrected chi connectivity index (χ3v) is 4.34. The molecule has 0 saturated carbocycles. The molecule has 0 spiro atoms. The average molecular weight is 260 g/mol. The molecule has 90 valence electrons. The summed E-state index contributed by atoms with van der Waals surface area (Å²) in [7, 11) is 0. The molecule has 1 atom stereocenters. The second-order valence-electron chi connectivity index (χ2n) is 4.47. The van der Waals surface area contributed by atoms with Crippen molar-refractivity contribution in [3.05, 3.63) is 21.3 Å². The van der Waals surface area contributed by atoms with Gasteiger partial charge in [-0.05, 0) is 31.5 Å². The number of thiophene rings is 1. The lowest BCUT2D eigenvalue weighted by molar-refractivity contribution is 0.150. The number of nitrogens with one attached hydrogen (secondary N) is 1. The second-order valence-corrected chi connectivity index (χ2v) is 6.27. The van der Waals surface area contributed by atoms with Gasteiger partial charge in [-0.1, -0.05) is 18.5 Å². The fraction of sp³-hybridized carbons (Fsp3) is 0.667. The molecule has 1 saturated heterocycles. The molecular weight excluding hydrogens is 242 g/mol. The van der Waals surface area contributed by atoms with Crippen LogP contribution in [0.3, 0.4) is 0 Å². The second kappa shape index (κ2) is 5.50. The van der Waals surface area contributed by atoms with Crippen LogP contribution in [0.1, 0.15) is 18.2 Å². The highest BCUT2D eigenvalue weighted by Crippen LogP contribution is 2.35. The van der Waals surface area contributed by atoms with Gasteiger partial charge in [0.15, 0.2) is 0 Å². The minimum Gasteiger partial charge on any atom is -0.381 e. The molecule has 2 rings (SSSR count). The predicted molar refractivity (Wildman–Crippen MR) is 69.4 cm³/mol. The summed E-state index contributed by atoms with van der Waals surface area (Å²) in [5, 5.41) is 3.45. The normalized spacial score (nSPS) is 25.1. The first-order valence-corrected chi connectivity index (χ1v) is 6.96. The van der Waals surface area contributed by atoms with Gasteiger partial charge in [0, 0.05) is 23.4 Å². The van der Waals surface area contributed by atoms with Crippen LogP contribution in [0, 0.1) is 5.41 Å². The van der Waals surface area contributed by atoms with Crippen LogP contribution >= 0.6 is 22.9 Å². The van der Waals surface area contributed by atoms with Crippen molar-refractivity contribution in [2.45, 2.75) is 19.8 Å². The lowest BCUT2D eigenvalue weighted by atomic mass is 9.83. The van der Waals surface area contributed by atoms with E-state index in [0.29, 0.717) is 0 Å². The minimum absolute atomic E-state index is 0.282. The fourth-order valence-corrected chi connectivity index (χ4v) is 3.46. The summed E-state index contributed by atoms with van der Waals surface area (Å²) in [6.45, 7) is 5.97. The maximum Gasteiger partial charge on any atom is 0.0931 e. The molecule has 4 heteroatoms. The van der Waals surface area contributed by atoms with Crippen LogP contribution in [-0.2, 0) is 11.2 Å². The predicted octanol–water partition coefficient (Wildman–Crippen LogP) is 2.96. The van der Waals surface area contributed by atoms with Crippen molar-refractivity contribution in [3.63, 3.8) is 0 Å². The van der Waals surface area contributed by atoms with Gasteiger partial charge in [0.25, 0.3) is 0 Å². The molecule has 0 radical (unpaired) electrons. The minimum atomic E-state index is 0.282. The zero-order valence-electron chi connectivity index (χ0n) is 9.59. The van der Waals surface area contributed by atoms with Gasteiger partial charge >= 0.3 is 0 Å². The Labute approximate surface area is 106 Å². The van der Waals surface area contributed by atoms with Crippen molar-refractivity contribution in [3.8, 4) is 0 Å². The molecule has 1 N–H and O–H groups in total. The van der Waals surface area contributed by atoms with Gasteiger partial charge in [-0.3, -0.25) is 0 Å².